The Bertz CT molecular complexity index is 536. The maximum atomic E-state index is 11.9. The summed E-state index contributed by atoms with van der Waals surface area (Å²) in [6, 6.07) is 4.66. The summed E-state index contributed by atoms with van der Waals surface area (Å²) in [6.45, 7) is 2.01. The van der Waals surface area contributed by atoms with Crippen molar-refractivity contribution in [2.24, 2.45) is 5.73 Å². The van der Waals surface area contributed by atoms with E-state index >= 15 is 0 Å². The predicted molar refractivity (Wildman–Crippen MR) is 84.1 cm³/mol. The van der Waals surface area contributed by atoms with Crippen LogP contribution < -0.4 is 20.7 Å². The van der Waals surface area contributed by atoms with Gasteiger partial charge in [-0.15, -0.1) is 12.4 Å². The fraction of sp³-hybridized carbons (Fsp3) is 0.429. The Morgan fingerprint density at radius 1 is 1.52 bits per heavy atom. The van der Waals surface area contributed by atoms with Gasteiger partial charge in [0.05, 0.1) is 11.7 Å². The molecule has 1 aliphatic rings. The lowest BCUT2D eigenvalue weighted by molar-refractivity contribution is -0.121. The topological polar surface area (TPSA) is 84.7 Å². The van der Waals surface area contributed by atoms with Gasteiger partial charge in [-0.05, 0) is 24.6 Å². The SMILES string of the molecule is CCCC(N)C(=O)Nc1ccc2c(c1)N(C)C(=O)CO2.Cl. The first-order valence-electron chi connectivity index (χ1n) is 6.62. The second-order valence-corrected chi connectivity index (χ2v) is 4.81. The Hall–Kier alpha value is -1.79. The van der Waals surface area contributed by atoms with Crippen molar-refractivity contribution in [2.45, 2.75) is 25.8 Å². The summed E-state index contributed by atoms with van der Waals surface area (Å²) in [5.41, 5.74) is 7.01. The van der Waals surface area contributed by atoms with Crippen LogP contribution in [0, 0.1) is 0 Å². The number of carbonyl (C=O) groups excluding carboxylic acids is 2. The molecule has 0 saturated carbocycles. The van der Waals surface area contributed by atoms with Crippen molar-refractivity contribution in [3.05, 3.63) is 18.2 Å². The summed E-state index contributed by atoms with van der Waals surface area (Å²) < 4.78 is 5.32. The van der Waals surface area contributed by atoms with E-state index in [4.69, 9.17) is 10.5 Å². The average molecular weight is 314 g/mol. The Morgan fingerprint density at radius 2 is 2.24 bits per heavy atom. The number of nitrogens with two attached hydrogens (primary N) is 1. The smallest absolute Gasteiger partial charge is 0.264 e. The van der Waals surface area contributed by atoms with Crippen molar-refractivity contribution >= 4 is 35.6 Å². The second kappa shape index (κ2) is 7.28. The van der Waals surface area contributed by atoms with Crippen LogP contribution in [-0.2, 0) is 9.59 Å². The molecule has 0 aliphatic carbocycles. The number of halogens is 1. The molecule has 6 nitrogen and oxygen atoms in total. The Morgan fingerprint density at radius 3 is 2.90 bits per heavy atom. The molecule has 0 aromatic heterocycles. The summed E-state index contributed by atoms with van der Waals surface area (Å²) in [7, 11) is 1.68. The van der Waals surface area contributed by atoms with Gasteiger partial charge in [0.1, 0.15) is 5.75 Å². The lowest BCUT2D eigenvalue weighted by Gasteiger charge is -2.26. The summed E-state index contributed by atoms with van der Waals surface area (Å²) in [4.78, 5) is 25.0. The molecule has 2 rings (SSSR count). The number of carbonyl (C=O) groups is 2. The highest BCUT2D eigenvalue weighted by molar-refractivity contribution is 5.99. The number of rotatable bonds is 4. The van der Waals surface area contributed by atoms with Crippen molar-refractivity contribution in [1.82, 2.24) is 0 Å². The van der Waals surface area contributed by atoms with Gasteiger partial charge in [-0.25, -0.2) is 0 Å². The maximum absolute atomic E-state index is 11.9. The van der Waals surface area contributed by atoms with Gasteiger partial charge in [-0.2, -0.15) is 0 Å². The first-order valence-corrected chi connectivity index (χ1v) is 6.62. The highest BCUT2D eigenvalue weighted by Gasteiger charge is 2.23. The van der Waals surface area contributed by atoms with Gasteiger partial charge in [-0.3, -0.25) is 9.59 Å². The van der Waals surface area contributed by atoms with E-state index in [2.05, 4.69) is 5.32 Å². The van der Waals surface area contributed by atoms with Crippen LogP contribution in [0.1, 0.15) is 19.8 Å². The number of nitrogens with one attached hydrogen (secondary N) is 1. The Kier molecular flexibility index (Phi) is 5.99. The summed E-state index contributed by atoms with van der Waals surface area (Å²) in [5.74, 6) is 0.282. The van der Waals surface area contributed by atoms with E-state index in [1.165, 1.54) is 4.90 Å². The van der Waals surface area contributed by atoms with Gasteiger partial charge < -0.3 is 20.7 Å². The predicted octanol–water partition coefficient (Wildman–Crippen LogP) is 1.53. The van der Waals surface area contributed by atoms with E-state index in [0.29, 0.717) is 23.5 Å². The number of hydrogen-bond donors (Lipinski definition) is 2. The number of amides is 2. The van der Waals surface area contributed by atoms with E-state index in [1.54, 1.807) is 25.2 Å². The van der Waals surface area contributed by atoms with Crippen molar-refractivity contribution in [3.63, 3.8) is 0 Å². The fourth-order valence-corrected chi connectivity index (χ4v) is 2.03. The van der Waals surface area contributed by atoms with Crippen molar-refractivity contribution < 1.29 is 14.3 Å². The van der Waals surface area contributed by atoms with Crippen LogP contribution in [0.15, 0.2) is 18.2 Å². The molecule has 0 radical (unpaired) electrons. The quantitative estimate of drug-likeness (QED) is 0.883. The monoisotopic (exact) mass is 313 g/mol. The largest absolute Gasteiger partial charge is 0.482 e. The molecule has 0 saturated heterocycles. The molecule has 1 atom stereocenters. The van der Waals surface area contributed by atoms with Crippen LogP contribution in [-0.4, -0.2) is 31.5 Å². The number of anilines is 2. The first-order chi connectivity index (χ1) is 9.52. The molecule has 1 aliphatic heterocycles. The number of hydrogen-bond acceptors (Lipinski definition) is 4. The van der Waals surface area contributed by atoms with Gasteiger partial charge >= 0.3 is 0 Å². The van der Waals surface area contributed by atoms with Gasteiger partial charge in [0.15, 0.2) is 6.61 Å². The number of nitrogens with zero attached hydrogens (tertiary/aromatic N) is 1. The third-order valence-corrected chi connectivity index (χ3v) is 3.25. The third-order valence-electron chi connectivity index (χ3n) is 3.25. The van der Waals surface area contributed by atoms with Gasteiger partial charge in [0, 0.05) is 12.7 Å². The molecule has 0 spiro atoms. The van der Waals surface area contributed by atoms with Crippen LogP contribution >= 0.6 is 12.4 Å². The lowest BCUT2D eigenvalue weighted by Crippen LogP contribution is -2.36. The number of fused-ring (bicyclic) bond motifs is 1. The number of benzene rings is 1. The zero-order chi connectivity index (χ0) is 14.7. The molecular weight excluding hydrogens is 294 g/mol. The first kappa shape index (κ1) is 17.3. The van der Waals surface area contributed by atoms with Crippen molar-refractivity contribution in [1.29, 1.82) is 0 Å². The minimum absolute atomic E-state index is 0. The molecule has 1 unspecified atom stereocenters. The highest BCUT2D eigenvalue weighted by Crippen LogP contribution is 2.33. The molecule has 3 N–H and O–H groups in total. The minimum Gasteiger partial charge on any atom is -0.482 e. The van der Waals surface area contributed by atoms with Gasteiger partial charge in [0.25, 0.3) is 5.91 Å². The lowest BCUT2D eigenvalue weighted by atomic mass is 10.1. The summed E-state index contributed by atoms with van der Waals surface area (Å²) >= 11 is 0. The molecule has 116 valence electrons. The standard InChI is InChI=1S/C14H19N3O3.ClH/c1-3-4-10(15)14(19)16-9-5-6-12-11(7-9)17(2)13(18)8-20-12;/h5-7,10H,3-4,8,15H2,1-2H3,(H,16,19);1H. The fourth-order valence-electron chi connectivity index (χ4n) is 2.03. The van der Waals surface area contributed by atoms with E-state index < -0.39 is 6.04 Å². The molecular formula is C14H20ClN3O3. The summed E-state index contributed by atoms with van der Waals surface area (Å²) in [5, 5.41) is 2.75. The van der Waals surface area contributed by atoms with Crippen molar-refractivity contribution in [2.75, 3.05) is 23.9 Å². The Balaban J connectivity index is 0.00000220. The van der Waals surface area contributed by atoms with E-state index in [9.17, 15) is 9.59 Å². The molecule has 1 aromatic rings. The van der Waals surface area contributed by atoms with Gasteiger partial charge in [0.2, 0.25) is 5.91 Å². The zero-order valence-electron chi connectivity index (χ0n) is 12.1. The van der Waals surface area contributed by atoms with E-state index in [1.807, 2.05) is 6.92 Å². The second-order valence-electron chi connectivity index (χ2n) is 4.81. The molecule has 1 heterocycles. The van der Waals surface area contributed by atoms with Crippen LogP contribution in [0.4, 0.5) is 11.4 Å². The van der Waals surface area contributed by atoms with Crippen LogP contribution in [0.25, 0.3) is 0 Å². The molecule has 2 amide bonds. The maximum Gasteiger partial charge on any atom is 0.264 e. The number of ether oxygens (including phenoxy) is 1. The molecule has 0 fully saturated rings. The third kappa shape index (κ3) is 3.86. The molecule has 0 bridgehead atoms. The van der Waals surface area contributed by atoms with Crippen LogP contribution in [0.3, 0.4) is 0 Å². The van der Waals surface area contributed by atoms with Crippen molar-refractivity contribution in [3.8, 4) is 5.75 Å². The number of likely N-dealkylation sites (N-methyl/N-ethyl adjacent to an activating group) is 1. The normalized spacial score (nSPS) is 14.6. The molecule has 1 aromatic carbocycles. The van der Waals surface area contributed by atoms with E-state index in [0.717, 1.165) is 6.42 Å². The molecule has 7 heteroatoms. The van der Waals surface area contributed by atoms with Crippen LogP contribution in [0.2, 0.25) is 0 Å². The highest BCUT2D eigenvalue weighted by atomic mass is 35.5. The Labute approximate surface area is 130 Å². The minimum atomic E-state index is -0.522. The van der Waals surface area contributed by atoms with Crippen LogP contribution in [0.5, 0.6) is 5.75 Å². The van der Waals surface area contributed by atoms with Gasteiger partial charge in [-0.1, -0.05) is 13.3 Å². The molecule has 21 heavy (non-hydrogen) atoms. The average Bonchev–Trinajstić information content (AvgIpc) is 2.43. The zero-order valence-corrected chi connectivity index (χ0v) is 12.9. The summed E-state index contributed by atoms with van der Waals surface area (Å²) in [6.07, 6.45) is 1.49. The van der Waals surface area contributed by atoms with E-state index in [-0.39, 0.29) is 30.8 Å².